The van der Waals surface area contributed by atoms with Gasteiger partial charge in [0.1, 0.15) is 0 Å². The minimum Gasteiger partial charge on any atom is -0.477 e. The van der Waals surface area contributed by atoms with Crippen molar-refractivity contribution in [3.63, 3.8) is 0 Å². The van der Waals surface area contributed by atoms with Crippen molar-refractivity contribution in [2.45, 2.75) is 6.92 Å². The highest BCUT2D eigenvalue weighted by Crippen LogP contribution is 2.09. The van der Waals surface area contributed by atoms with Gasteiger partial charge in [-0.3, -0.25) is 4.79 Å². The van der Waals surface area contributed by atoms with Gasteiger partial charge in [-0.1, -0.05) is 29.8 Å². The molecule has 0 saturated carbocycles. The number of carbonyl (C=O) groups is 1. The zero-order valence-corrected chi connectivity index (χ0v) is 12.3. The van der Waals surface area contributed by atoms with Gasteiger partial charge in [-0.05, 0) is 43.3 Å². The summed E-state index contributed by atoms with van der Waals surface area (Å²) in [6.07, 6.45) is 0. The van der Waals surface area contributed by atoms with E-state index in [4.69, 9.17) is 16.3 Å². The summed E-state index contributed by atoms with van der Waals surface area (Å²) in [4.78, 5) is 12.0. The monoisotopic (exact) mass is 302 g/mol. The van der Waals surface area contributed by atoms with Crippen LogP contribution in [0.4, 0.5) is 0 Å². The molecule has 0 atom stereocenters. The normalized spacial score (nSPS) is 11.0. The van der Waals surface area contributed by atoms with Crippen molar-refractivity contribution in [2.75, 3.05) is 6.61 Å². The van der Waals surface area contributed by atoms with E-state index in [-0.39, 0.29) is 5.91 Å². The standard InChI is InChI=1S/C16H15ClN2O2/c1-2-21-16(13-6-4-3-5-7-13)19-18-15(20)12-8-10-14(17)11-9-12/h3-11H,2H2,1H3,(H,18,20). The summed E-state index contributed by atoms with van der Waals surface area (Å²) in [6.45, 7) is 2.32. The van der Waals surface area contributed by atoms with Gasteiger partial charge in [0.15, 0.2) is 0 Å². The molecule has 2 rings (SSSR count). The van der Waals surface area contributed by atoms with Crippen LogP contribution < -0.4 is 5.43 Å². The molecule has 0 fully saturated rings. The molecule has 5 heteroatoms. The predicted molar refractivity (Wildman–Crippen MR) is 83.5 cm³/mol. The van der Waals surface area contributed by atoms with Crippen LogP contribution in [0.3, 0.4) is 0 Å². The van der Waals surface area contributed by atoms with Gasteiger partial charge < -0.3 is 4.74 Å². The number of benzene rings is 2. The Bertz CT molecular complexity index is 624. The largest absolute Gasteiger partial charge is 0.477 e. The molecule has 0 aliphatic carbocycles. The average molecular weight is 303 g/mol. The number of carbonyl (C=O) groups excluding carboxylic acids is 1. The van der Waals surface area contributed by atoms with E-state index in [0.717, 1.165) is 5.56 Å². The maximum absolute atomic E-state index is 12.0. The molecule has 0 saturated heterocycles. The van der Waals surface area contributed by atoms with Gasteiger partial charge in [0.05, 0.1) is 6.61 Å². The van der Waals surface area contributed by atoms with Gasteiger partial charge >= 0.3 is 0 Å². The third kappa shape index (κ3) is 4.33. The zero-order chi connectivity index (χ0) is 15.1. The van der Waals surface area contributed by atoms with Crippen LogP contribution in [0.1, 0.15) is 22.8 Å². The van der Waals surface area contributed by atoms with Crippen LogP contribution >= 0.6 is 11.6 Å². The first kappa shape index (κ1) is 15.1. The fraction of sp³-hybridized carbons (Fsp3) is 0.125. The van der Waals surface area contributed by atoms with E-state index >= 15 is 0 Å². The second kappa shape index (κ2) is 7.45. The lowest BCUT2D eigenvalue weighted by molar-refractivity contribution is 0.0953. The molecule has 108 valence electrons. The lowest BCUT2D eigenvalue weighted by atomic mass is 10.2. The highest BCUT2D eigenvalue weighted by atomic mass is 35.5. The maximum Gasteiger partial charge on any atom is 0.271 e. The van der Waals surface area contributed by atoms with Crippen LogP contribution in [0.15, 0.2) is 59.7 Å². The molecule has 0 bridgehead atoms. The van der Waals surface area contributed by atoms with Gasteiger partial charge in [-0.2, -0.15) is 0 Å². The molecule has 0 heterocycles. The lowest BCUT2D eigenvalue weighted by Crippen LogP contribution is -2.21. The predicted octanol–water partition coefficient (Wildman–Crippen LogP) is 3.47. The van der Waals surface area contributed by atoms with Crippen LogP contribution in [0.2, 0.25) is 5.02 Å². The van der Waals surface area contributed by atoms with Crippen molar-refractivity contribution in [3.8, 4) is 0 Å². The molecule has 2 aromatic rings. The molecular formula is C16H15ClN2O2. The number of ether oxygens (including phenoxy) is 1. The van der Waals surface area contributed by atoms with Crippen molar-refractivity contribution in [1.29, 1.82) is 0 Å². The van der Waals surface area contributed by atoms with E-state index in [0.29, 0.717) is 23.1 Å². The minimum atomic E-state index is -0.320. The SMILES string of the molecule is CCOC(=NNC(=O)c1ccc(Cl)cc1)c1ccccc1. The smallest absolute Gasteiger partial charge is 0.271 e. The Labute approximate surface area is 128 Å². The molecule has 21 heavy (non-hydrogen) atoms. The average Bonchev–Trinajstić information content (AvgIpc) is 2.52. The van der Waals surface area contributed by atoms with Gasteiger partial charge in [0.25, 0.3) is 5.91 Å². The summed E-state index contributed by atoms with van der Waals surface area (Å²) in [6, 6.07) is 16.0. The lowest BCUT2D eigenvalue weighted by Gasteiger charge is -2.07. The van der Waals surface area contributed by atoms with E-state index in [9.17, 15) is 4.79 Å². The molecule has 2 aromatic carbocycles. The van der Waals surface area contributed by atoms with Gasteiger partial charge in [0, 0.05) is 16.1 Å². The summed E-state index contributed by atoms with van der Waals surface area (Å²) in [5, 5.41) is 4.62. The Morgan fingerprint density at radius 3 is 2.38 bits per heavy atom. The Kier molecular flexibility index (Phi) is 5.35. The molecule has 0 aliphatic rings. The van der Waals surface area contributed by atoms with E-state index in [2.05, 4.69) is 10.5 Å². The summed E-state index contributed by atoms with van der Waals surface area (Å²) >= 11 is 5.79. The van der Waals surface area contributed by atoms with Gasteiger partial charge in [0.2, 0.25) is 5.90 Å². The maximum atomic E-state index is 12.0. The van der Waals surface area contributed by atoms with Gasteiger partial charge in [-0.15, -0.1) is 5.10 Å². The number of nitrogens with one attached hydrogen (secondary N) is 1. The second-order valence-electron chi connectivity index (χ2n) is 4.16. The number of nitrogens with zero attached hydrogens (tertiary/aromatic N) is 1. The number of halogens is 1. The first-order chi connectivity index (χ1) is 10.2. The summed E-state index contributed by atoms with van der Waals surface area (Å²) in [5.74, 6) is 0.0558. The van der Waals surface area contributed by atoms with E-state index in [1.165, 1.54) is 0 Å². The van der Waals surface area contributed by atoms with Crippen LogP contribution in [0, 0.1) is 0 Å². The van der Waals surface area contributed by atoms with Crippen LogP contribution in [0.25, 0.3) is 0 Å². The minimum absolute atomic E-state index is 0.320. The van der Waals surface area contributed by atoms with Crippen molar-refractivity contribution in [3.05, 3.63) is 70.7 Å². The molecule has 0 spiro atoms. The van der Waals surface area contributed by atoms with E-state index in [1.807, 2.05) is 37.3 Å². The third-order valence-electron chi connectivity index (χ3n) is 2.67. The molecule has 1 amide bonds. The number of rotatable bonds is 4. The highest BCUT2D eigenvalue weighted by Gasteiger charge is 2.07. The fourth-order valence-electron chi connectivity index (χ4n) is 1.66. The highest BCUT2D eigenvalue weighted by molar-refractivity contribution is 6.30. The second-order valence-corrected chi connectivity index (χ2v) is 4.60. The van der Waals surface area contributed by atoms with Crippen molar-refractivity contribution < 1.29 is 9.53 Å². The van der Waals surface area contributed by atoms with Crippen LogP contribution in [-0.4, -0.2) is 18.4 Å². The Morgan fingerprint density at radius 2 is 1.76 bits per heavy atom. The number of amides is 1. The topological polar surface area (TPSA) is 50.7 Å². The molecule has 0 aliphatic heterocycles. The molecule has 0 aromatic heterocycles. The molecule has 0 radical (unpaired) electrons. The molecular weight excluding hydrogens is 288 g/mol. The molecule has 4 nitrogen and oxygen atoms in total. The summed E-state index contributed by atoms with van der Waals surface area (Å²) in [7, 11) is 0. The Morgan fingerprint density at radius 1 is 1.10 bits per heavy atom. The molecule has 0 unspecified atom stereocenters. The summed E-state index contributed by atoms with van der Waals surface area (Å²) in [5.41, 5.74) is 3.76. The van der Waals surface area contributed by atoms with Crippen molar-refractivity contribution in [2.24, 2.45) is 5.10 Å². The first-order valence-electron chi connectivity index (χ1n) is 6.52. The Balaban J connectivity index is 2.12. The fourth-order valence-corrected chi connectivity index (χ4v) is 1.79. The van der Waals surface area contributed by atoms with Crippen molar-refractivity contribution in [1.82, 2.24) is 5.43 Å². The quantitative estimate of drug-likeness (QED) is 0.534. The Hall–Kier alpha value is -2.33. The van der Waals surface area contributed by atoms with E-state index in [1.54, 1.807) is 24.3 Å². The first-order valence-corrected chi connectivity index (χ1v) is 6.90. The van der Waals surface area contributed by atoms with Crippen LogP contribution in [-0.2, 0) is 4.74 Å². The van der Waals surface area contributed by atoms with Crippen molar-refractivity contribution >= 4 is 23.4 Å². The van der Waals surface area contributed by atoms with Gasteiger partial charge in [-0.25, -0.2) is 5.43 Å². The van der Waals surface area contributed by atoms with Crippen LogP contribution in [0.5, 0.6) is 0 Å². The number of hydrazone groups is 1. The third-order valence-corrected chi connectivity index (χ3v) is 2.92. The number of hydrogen-bond acceptors (Lipinski definition) is 3. The number of hydrogen-bond donors (Lipinski definition) is 1. The molecule has 1 N–H and O–H groups in total. The van der Waals surface area contributed by atoms with E-state index < -0.39 is 0 Å². The summed E-state index contributed by atoms with van der Waals surface area (Å²) < 4.78 is 5.45. The zero-order valence-electron chi connectivity index (χ0n) is 11.5.